The molecule has 0 saturated carbocycles. The Kier molecular flexibility index (Phi) is 14.5. The molecule has 0 spiro atoms. The van der Waals surface area contributed by atoms with E-state index in [0.29, 0.717) is 6.42 Å². The second-order valence-corrected chi connectivity index (χ2v) is 4.18. The van der Waals surface area contributed by atoms with E-state index >= 15 is 0 Å². The summed E-state index contributed by atoms with van der Waals surface area (Å²) >= 11 is 0. The van der Waals surface area contributed by atoms with E-state index in [4.69, 9.17) is 5.11 Å². The summed E-state index contributed by atoms with van der Waals surface area (Å²) in [5.41, 5.74) is 0. The molecule has 0 radical (unpaired) electrons. The van der Waals surface area contributed by atoms with E-state index in [-0.39, 0.29) is 50.6 Å². The van der Waals surface area contributed by atoms with Gasteiger partial charge in [-0.2, -0.15) is 0 Å². The molecule has 1 N–H and O–H groups in total. The number of hydrogen-bond acceptors (Lipinski definition) is 5. The van der Waals surface area contributed by atoms with Gasteiger partial charge in [-0.3, -0.25) is 4.99 Å². The van der Waals surface area contributed by atoms with Crippen LogP contribution in [-0.2, 0) is 9.59 Å². The first kappa shape index (κ1) is 21.7. The van der Waals surface area contributed by atoms with Crippen molar-refractivity contribution in [3.63, 3.8) is 0 Å². The standard InChI is InChI=1S/C13H21NO5.Ca/c1-2-3-4-5-6-7-11(15)14-10(13(18)19)8-9-12(16)17;/h2,10H,1,3-9H2,(H,14,15)(H,16,17)(H,18,19);/q;+2/p-2/t10-;/m0./s1. The van der Waals surface area contributed by atoms with Crippen LogP contribution in [0, 0.1) is 0 Å². The average molecular weight is 309 g/mol. The van der Waals surface area contributed by atoms with Gasteiger partial charge in [0.25, 0.3) is 0 Å². The van der Waals surface area contributed by atoms with Gasteiger partial charge in [0, 0.05) is 5.97 Å². The number of nitrogens with zero attached hydrogens (tertiary/aromatic N) is 1. The maximum atomic E-state index is 11.4. The molecule has 0 aromatic heterocycles. The van der Waals surface area contributed by atoms with Gasteiger partial charge in [-0.25, -0.2) is 4.79 Å². The molecule has 0 aliphatic rings. The predicted molar refractivity (Wildman–Crippen MR) is 72.1 cm³/mol. The molecule has 20 heavy (non-hydrogen) atoms. The molecule has 0 saturated heterocycles. The van der Waals surface area contributed by atoms with Gasteiger partial charge in [0.1, 0.15) is 6.04 Å². The zero-order valence-corrected chi connectivity index (χ0v) is 13.8. The molecular formula is C13H19CaNO5. The fourth-order valence-corrected chi connectivity index (χ4v) is 1.48. The van der Waals surface area contributed by atoms with Crippen molar-refractivity contribution in [1.29, 1.82) is 0 Å². The van der Waals surface area contributed by atoms with Crippen molar-refractivity contribution >= 4 is 55.6 Å². The average Bonchev–Trinajstić information content (AvgIpc) is 2.33. The summed E-state index contributed by atoms with van der Waals surface area (Å²) in [4.78, 5) is 24.6. The van der Waals surface area contributed by atoms with Gasteiger partial charge >= 0.3 is 43.7 Å². The summed E-state index contributed by atoms with van der Waals surface area (Å²) in [6, 6.07) is -1.29. The second-order valence-electron chi connectivity index (χ2n) is 4.18. The van der Waals surface area contributed by atoms with E-state index in [0.717, 1.165) is 19.3 Å². The third-order valence-electron chi connectivity index (χ3n) is 2.51. The minimum atomic E-state index is -1.35. The molecule has 0 rings (SSSR count). The van der Waals surface area contributed by atoms with Crippen LogP contribution in [0.2, 0.25) is 0 Å². The molecule has 0 aliphatic carbocycles. The van der Waals surface area contributed by atoms with E-state index < -0.39 is 30.3 Å². The SMILES string of the molecule is C=CCCCCCC([O-])=N[C@@H](CCC(=O)[O-])C(=O)O.[Ca+2]. The molecule has 1 atom stereocenters. The number of aliphatic imine (C=N–C) groups is 1. The third kappa shape index (κ3) is 12.4. The summed E-state index contributed by atoms with van der Waals surface area (Å²) in [6.45, 7) is 3.58. The summed E-state index contributed by atoms with van der Waals surface area (Å²) in [6.07, 6.45) is 4.65. The van der Waals surface area contributed by atoms with Crippen molar-refractivity contribution in [1.82, 2.24) is 0 Å². The minimum absolute atomic E-state index is 0. The first-order valence-electron chi connectivity index (χ1n) is 6.24. The van der Waals surface area contributed by atoms with Gasteiger partial charge in [-0.15, -0.1) is 6.58 Å². The Labute approximate surface area is 148 Å². The summed E-state index contributed by atoms with van der Waals surface area (Å²) in [7, 11) is 0. The zero-order valence-electron chi connectivity index (χ0n) is 11.5. The summed E-state index contributed by atoms with van der Waals surface area (Å²) in [5, 5.41) is 30.5. The Bertz CT molecular complexity index is 344. The predicted octanol–water partition coefficient (Wildman–Crippen LogP) is -0.516. The van der Waals surface area contributed by atoms with Crippen LogP contribution >= 0.6 is 0 Å². The quantitative estimate of drug-likeness (QED) is 0.181. The Balaban J connectivity index is 0. The monoisotopic (exact) mass is 309 g/mol. The van der Waals surface area contributed by atoms with Gasteiger partial charge < -0.3 is 20.1 Å². The minimum Gasteiger partial charge on any atom is -0.862 e. The van der Waals surface area contributed by atoms with E-state index in [1.54, 1.807) is 6.08 Å². The van der Waals surface area contributed by atoms with Crippen LogP contribution in [0.15, 0.2) is 17.6 Å². The van der Waals surface area contributed by atoms with Gasteiger partial charge in [-0.1, -0.05) is 12.5 Å². The first-order valence-corrected chi connectivity index (χ1v) is 6.24. The Hall–Kier alpha value is -0.590. The van der Waals surface area contributed by atoms with Crippen LogP contribution in [0.25, 0.3) is 0 Å². The zero-order chi connectivity index (χ0) is 14.7. The number of allylic oxidation sites excluding steroid dienone is 1. The van der Waals surface area contributed by atoms with E-state index in [2.05, 4.69) is 11.6 Å². The Morgan fingerprint density at radius 3 is 2.35 bits per heavy atom. The maximum Gasteiger partial charge on any atom is 2.00 e. The van der Waals surface area contributed by atoms with Gasteiger partial charge in [0.2, 0.25) is 0 Å². The fraction of sp³-hybridized carbons (Fsp3) is 0.615. The normalized spacial score (nSPS) is 12.3. The van der Waals surface area contributed by atoms with Gasteiger partial charge in [0.05, 0.1) is 0 Å². The molecule has 108 valence electrons. The fourth-order valence-electron chi connectivity index (χ4n) is 1.48. The summed E-state index contributed by atoms with van der Waals surface area (Å²) < 4.78 is 0. The maximum absolute atomic E-state index is 11.4. The largest absolute Gasteiger partial charge is 2.00 e. The molecule has 0 fully saturated rings. The third-order valence-corrected chi connectivity index (χ3v) is 2.51. The van der Waals surface area contributed by atoms with Crippen LogP contribution in [-0.4, -0.2) is 66.7 Å². The number of aliphatic carboxylic acids is 2. The van der Waals surface area contributed by atoms with E-state index in [1.807, 2.05) is 0 Å². The van der Waals surface area contributed by atoms with Crippen molar-refractivity contribution < 1.29 is 24.9 Å². The van der Waals surface area contributed by atoms with Gasteiger partial charge in [0.15, 0.2) is 0 Å². The topological polar surface area (TPSA) is 113 Å². The number of carbonyl (C=O) groups excluding carboxylic acids is 1. The number of hydrogen-bond donors (Lipinski definition) is 1. The van der Waals surface area contributed by atoms with Crippen LogP contribution in [0.1, 0.15) is 44.9 Å². The van der Waals surface area contributed by atoms with Crippen LogP contribution in [0.3, 0.4) is 0 Å². The van der Waals surface area contributed by atoms with E-state index in [1.165, 1.54) is 0 Å². The molecule has 0 bridgehead atoms. The number of carboxylic acid groups (broad SMARTS) is 2. The van der Waals surface area contributed by atoms with Crippen molar-refractivity contribution in [2.75, 3.05) is 0 Å². The smallest absolute Gasteiger partial charge is 0.862 e. The van der Waals surface area contributed by atoms with Crippen molar-refractivity contribution in [3.8, 4) is 0 Å². The number of rotatable bonds is 11. The molecular weight excluding hydrogens is 290 g/mol. The molecule has 6 nitrogen and oxygen atoms in total. The first-order chi connectivity index (χ1) is 8.97. The van der Waals surface area contributed by atoms with Crippen molar-refractivity contribution in [2.24, 2.45) is 4.99 Å². The Morgan fingerprint density at radius 2 is 1.85 bits per heavy atom. The van der Waals surface area contributed by atoms with Gasteiger partial charge in [-0.05, 0) is 44.4 Å². The molecule has 0 aromatic rings. The molecule has 0 heterocycles. The van der Waals surface area contributed by atoms with Crippen LogP contribution in [0.4, 0.5) is 0 Å². The number of carbonyl (C=O) groups is 2. The van der Waals surface area contributed by atoms with Crippen LogP contribution in [0.5, 0.6) is 0 Å². The molecule has 0 amide bonds. The molecule has 7 heteroatoms. The Morgan fingerprint density at radius 1 is 1.20 bits per heavy atom. The van der Waals surface area contributed by atoms with Crippen LogP contribution < -0.4 is 10.2 Å². The molecule has 0 aliphatic heterocycles. The van der Waals surface area contributed by atoms with Crippen molar-refractivity contribution in [3.05, 3.63) is 12.7 Å². The summed E-state index contributed by atoms with van der Waals surface area (Å²) in [5.74, 6) is -3.14. The van der Waals surface area contributed by atoms with E-state index in [9.17, 15) is 19.8 Å². The van der Waals surface area contributed by atoms with Crippen molar-refractivity contribution in [2.45, 2.75) is 51.0 Å². The second kappa shape index (κ2) is 13.4. The molecule has 0 aromatic carbocycles. The number of unbranched alkanes of at least 4 members (excludes halogenated alkanes) is 3. The molecule has 0 unspecified atom stereocenters. The number of carboxylic acids is 2.